The van der Waals surface area contributed by atoms with Gasteiger partial charge in [0.05, 0.1) is 6.04 Å². The molecule has 0 saturated heterocycles. The zero-order valence-electron chi connectivity index (χ0n) is 9.28. The maximum atomic E-state index is 5.61. The zero-order chi connectivity index (χ0) is 10.3. The van der Waals surface area contributed by atoms with E-state index < -0.39 is 0 Å². The molecule has 0 radical (unpaired) electrons. The zero-order valence-corrected chi connectivity index (χ0v) is 9.28. The average Bonchev–Trinajstić information content (AvgIpc) is 2.73. The van der Waals surface area contributed by atoms with E-state index in [-0.39, 0.29) is 0 Å². The summed E-state index contributed by atoms with van der Waals surface area (Å²) < 4.78 is 0. The molecule has 15 heavy (non-hydrogen) atoms. The van der Waals surface area contributed by atoms with Crippen LogP contribution in [0.4, 0.5) is 0 Å². The van der Waals surface area contributed by atoms with E-state index in [0.717, 1.165) is 17.7 Å². The van der Waals surface area contributed by atoms with E-state index in [2.05, 4.69) is 5.43 Å². The third-order valence-corrected chi connectivity index (χ3v) is 4.42. The summed E-state index contributed by atoms with van der Waals surface area (Å²) in [6, 6.07) is 0.563. The fourth-order valence-corrected chi connectivity index (χ4v) is 3.43. The molecule has 0 aromatic carbocycles. The molecule has 0 heterocycles. The summed E-state index contributed by atoms with van der Waals surface area (Å²) in [6.45, 7) is 0. The lowest BCUT2D eigenvalue weighted by atomic mass is 10.0. The predicted molar refractivity (Wildman–Crippen MR) is 61.3 cm³/mol. The molecule has 0 aliphatic heterocycles. The lowest BCUT2D eigenvalue weighted by molar-refractivity contribution is 0.589. The highest BCUT2D eigenvalue weighted by atomic mass is 15.3. The molecule has 3 aliphatic rings. The van der Waals surface area contributed by atoms with Crippen LogP contribution >= 0.6 is 0 Å². The summed E-state index contributed by atoms with van der Waals surface area (Å²) in [5.74, 6) is 9.39. The van der Waals surface area contributed by atoms with Crippen LogP contribution in [0, 0.1) is 17.8 Å². The molecule has 0 bridgehead atoms. The van der Waals surface area contributed by atoms with Gasteiger partial charge in [0.1, 0.15) is 5.84 Å². The Balaban J connectivity index is 1.64. The maximum absolute atomic E-state index is 5.61. The van der Waals surface area contributed by atoms with E-state index in [1.807, 2.05) is 0 Å². The molecule has 0 aromatic heterocycles. The fourth-order valence-electron chi connectivity index (χ4n) is 3.43. The van der Waals surface area contributed by atoms with Gasteiger partial charge in [-0.3, -0.25) is 4.99 Å². The molecule has 3 saturated carbocycles. The summed E-state index contributed by atoms with van der Waals surface area (Å²) in [6.07, 6.45) is 9.37. The molecule has 2 atom stereocenters. The number of fused-ring (bicyclic) bond motifs is 1. The van der Waals surface area contributed by atoms with Gasteiger partial charge in [-0.25, -0.2) is 5.84 Å². The van der Waals surface area contributed by atoms with E-state index in [1.165, 1.54) is 44.9 Å². The highest BCUT2D eigenvalue weighted by Crippen LogP contribution is 2.54. The third-order valence-electron chi connectivity index (χ3n) is 4.42. The van der Waals surface area contributed by atoms with E-state index in [0.29, 0.717) is 12.0 Å². The standard InChI is InChI=1S/C12H21N3/c13-15-12(14-11-3-1-2-4-11)10-6-8-5-9(8)7-10/h8-11H,1-7,13H2,(H,14,15). The van der Waals surface area contributed by atoms with Crippen molar-refractivity contribution in [2.45, 2.75) is 51.0 Å². The van der Waals surface area contributed by atoms with Gasteiger partial charge in [-0.05, 0) is 43.9 Å². The fraction of sp³-hybridized carbons (Fsp3) is 0.917. The molecule has 0 spiro atoms. The molecular formula is C12H21N3. The molecule has 84 valence electrons. The minimum Gasteiger partial charge on any atom is -0.312 e. The van der Waals surface area contributed by atoms with Crippen molar-refractivity contribution in [3.63, 3.8) is 0 Å². The Bertz CT molecular complexity index is 258. The van der Waals surface area contributed by atoms with Crippen LogP contribution in [0.1, 0.15) is 44.9 Å². The van der Waals surface area contributed by atoms with Crippen LogP contribution in [0.3, 0.4) is 0 Å². The predicted octanol–water partition coefficient (Wildman–Crippen LogP) is 1.84. The molecule has 3 fully saturated rings. The summed E-state index contributed by atoms with van der Waals surface area (Å²) in [5.41, 5.74) is 2.86. The lowest BCUT2D eigenvalue weighted by Crippen LogP contribution is -2.36. The molecular weight excluding hydrogens is 186 g/mol. The number of hydrogen-bond donors (Lipinski definition) is 2. The number of nitrogens with one attached hydrogen (secondary N) is 1. The van der Waals surface area contributed by atoms with Crippen molar-refractivity contribution in [2.75, 3.05) is 0 Å². The first kappa shape index (κ1) is 9.64. The number of hydrazine groups is 1. The highest BCUT2D eigenvalue weighted by molar-refractivity contribution is 5.84. The Morgan fingerprint density at radius 3 is 2.33 bits per heavy atom. The van der Waals surface area contributed by atoms with E-state index in [9.17, 15) is 0 Å². The Morgan fingerprint density at radius 2 is 1.73 bits per heavy atom. The lowest BCUT2D eigenvalue weighted by Gasteiger charge is -2.16. The Kier molecular flexibility index (Phi) is 2.43. The molecule has 0 amide bonds. The third kappa shape index (κ3) is 1.89. The molecule has 3 N–H and O–H groups in total. The summed E-state index contributed by atoms with van der Waals surface area (Å²) in [5, 5.41) is 0. The minimum atomic E-state index is 0.563. The van der Waals surface area contributed by atoms with Crippen LogP contribution in [0.2, 0.25) is 0 Å². The first-order valence-electron chi connectivity index (χ1n) is 6.41. The van der Waals surface area contributed by atoms with E-state index in [1.54, 1.807) is 0 Å². The second-order valence-corrected chi connectivity index (χ2v) is 5.52. The van der Waals surface area contributed by atoms with Crippen molar-refractivity contribution in [1.82, 2.24) is 5.43 Å². The molecule has 3 nitrogen and oxygen atoms in total. The van der Waals surface area contributed by atoms with Crippen molar-refractivity contribution in [2.24, 2.45) is 28.6 Å². The molecule has 2 unspecified atom stereocenters. The molecule has 0 aromatic rings. The number of aliphatic imine (C=N–C) groups is 1. The van der Waals surface area contributed by atoms with Gasteiger partial charge in [0, 0.05) is 5.92 Å². The van der Waals surface area contributed by atoms with Crippen LogP contribution in [-0.2, 0) is 0 Å². The number of nitrogens with two attached hydrogens (primary N) is 1. The quantitative estimate of drug-likeness (QED) is 0.314. The first-order valence-corrected chi connectivity index (χ1v) is 6.41. The van der Waals surface area contributed by atoms with Crippen molar-refractivity contribution >= 4 is 5.84 Å². The van der Waals surface area contributed by atoms with Crippen LogP contribution in [0.5, 0.6) is 0 Å². The van der Waals surface area contributed by atoms with Crippen molar-refractivity contribution in [1.29, 1.82) is 0 Å². The van der Waals surface area contributed by atoms with Gasteiger partial charge in [-0.2, -0.15) is 0 Å². The molecule has 3 heteroatoms. The van der Waals surface area contributed by atoms with Gasteiger partial charge >= 0.3 is 0 Å². The number of rotatable bonds is 2. The number of hydrogen-bond acceptors (Lipinski definition) is 2. The first-order chi connectivity index (χ1) is 7.36. The van der Waals surface area contributed by atoms with Gasteiger partial charge in [-0.1, -0.05) is 12.8 Å². The van der Waals surface area contributed by atoms with Crippen LogP contribution < -0.4 is 11.3 Å². The maximum Gasteiger partial charge on any atom is 0.114 e. The normalized spacial score (nSPS) is 40.6. The van der Waals surface area contributed by atoms with Gasteiger partial charge in [0.25, 0.3) is 0 Å². The second kappa shape index (κ2) is 3.78. The Hall–Kier alpha value is -0.570. The number of nitrogens with zero attached hydrogens (tertiary/aromatic N) is 1. The summed E-state index contributed by atoms with van der Waals surface area (Å²) in [4.78, 5) is 4.81. The van der Waals surface area contributed by atoms with Gasteiger partial charge in [-0.15, -0.1) is 0 Å². The SMILES string of the molecule is NNC(=NC1CCCC1)C1CC2CC2C1. The average molecular weight is 207 g/mol. The number of amidine groups is 1. The molecule has 3 rings (SSSR count). The smallest absolute Gasteiger partial charge is 0.114 e. The topological polar surface area (TPSA) is 50.4 Å². The van der Waals surface area contributed by atoms with E-state index >= 15 is 0 Å². The monoisotopic (exact) mass is 207 g/mol. The Morgan fingerprint density at radius 1 is 1.07 bits per heavy atom. The summed E-state index contributed by atoms with van der Waals surface area (Å²) >= 11 is 0. The summed E-state index contributed by atoms with van der Waals surface area (Å²) in [7, 11) is 0. The largest absolute Gasteiger partial charge is 0.312 e. The molecule has 3 aliphatic carbocycles. The second-order valence-electron chi connectivity index (χ2n) is 5.52. The van der Waals surface area contributed by atoms with Crippen LogP contribution in [-0.4, -0.2) is 11.9 Å². The van der Waals surface area contributed by atoms with Crippen LogP contribution in [0.15, 0.2) is 4.99 Å². The van der Waals surface area contributed by atoms with Gasteiger partial charge in [0.15, 0.2) is 0 Å². The Labute approximate surface area is 91.5 Å². The van der Waals surface area contributed by atoms with Crippen molar-refractivity contribution in [3.8, 4) is 0 Å². The highest BCUT2D eigenvalue weighted by Gasteiger charge is 2.47. The van der Waals surface area contributed by atoms with Crippen molar-refractivity contribution in [3.05, 3.63) is 0 Å². The van der Waals surface area contributed by atoms with Gasteiger partial charge in [0.2, 0.25) is 0 Å². The van der Waals surface area contributed by atoms with Gasteiger partial charge < -0.3 is 5.43 Å². The van der Waals surface area contributed by atoms with Crippen LogP contribution in [0.25, 0.3) is 0 Å². The van der Waals surface area contributed by atoms with Crippen molar-refractivity contribution < 1.29 is 0 Å². The van der Waals surface area contributed by atoms with E-state index in [4.69, 9.17) is 10.8 Å². The minimum absolute atomic E-state index is 0.563.